The second kappa shape index (κ2) is 6.49. The van der Waals surface area contributed by atoms with Crippen molar-refractivity contribution in [2.45, 2.75) is 24.3 Å². The van der Waals surface area contributed by atoms with Gasteiger partial charge in [-0.3, -0.25) is 0 Å². The van der Waals surface area contributed by atoms with E-state index in [1.54, 1.807) is 16.9 Å². The smallest absolute Gasteiger partial charge is 0.0717 e. The summed E-state index contributed by atoms with van der Waals surface area (Å²) in [7, 11) is 0. The molecule has 0 saturated heterocycles. The summed E-state index contributed by atoms with van der Waals surface area (Å²) in [5.41, 5.74) is 0. The van der Waals surface area contributed by atoms with Crippen molar-refractivity contribution >= 4 is 94.1 Å². The van der Waals surface area contributed by atoms with Gasteiger partial charge in [-0.25, -0.2) is 0 Å². The van der Waals surface area contributed by atoms with Crippen LogP contribution in [0.15, 0.2) is 25.4 Å². The second-order valence-electron chi connectivity index (χ2n) is 4.48. The first kappa shape index (κ1) is 15.5. The van der Waals surface area contributed by atoms with Crippen LogP contribution in [-0.4, -0.2) is 22.0 Å². The fraction of sp³-hybridized carbons (Fsp3) is 0.500. The van der Waals surface area contributed by atoms with E-state index >= 15 is 0 Å². The maximum Gasteiger partial charge on any atom is 0.0717 e. The molecule has 0 N–H and O–H groups in total. The van der Waals surface area contributed by atoms with E-state index in [0.717, 1.165) is 10.5 Å². The van der Waals surface area contributed by atoms with Crippen molar-refractivity contribution in [3.8, 4) is 0 Å². The molecule has 4 aliphatic rings. The standard InChI is InChI=1S/C12H12S8/c1-5-6(2)16-10-9(15-5)19-12(20-10)11-17-7-8(18-11)14-4-3-13-7/h5-6H,3-4H2,1-2H3/t5-,6+/i11+1. The van der Waals surface area contributed by atoms with Crippen LogP contribution in [0.5, 0.6) is 0 Å². The SMILES string of the molecule is C[C@@H]1SC2=C(SC(=[13C]3SC4=C(SCCS4)S3)S2)S[C@@H]1C. The van der Waals surface area contributed by atoms with Crippen molar-refractivity contribution in [3.05, 3.63) is 25.4 Å². The van der Waals surface area contributed by atoms with Crippen LogP contribution in [0.3, 0.4) is 0 Å². The van der Waals surface area contributed by atoms with E-state index in [9.17, 15) is 0 Å². The Labute approximate surface area is 154 Å². The highest BCUT2D eigenvalue weighted by atomic mass is 32.3. The molecule has 0 saturated carbocycles. The van der Waals surface area contributed by atoms with Gasteiger partial charge in [-0.05, 0) is 0 Å². The average molecular weight is 414 g/mol. The Bertz CT molecular complexity index is 502. The van der Waals surface area contributed by atoms with Gasteiger partial charge < -0.3 is 0 Å². The zero-order valence-electron chi connectivity index (χ0n) is 10.8. The van der Waals surface area contributed by atoms with E-state index in [1.165, 1.54) is 20.0 Å². The Balaban J connectivity index is 1.52. The molecule has 0 spiro atoms. The summed E-state index contributed by atoms with van der Waals surface area (Å²) in [5.74, 6) is 2.55. The predicted octanol–water partition coefficient (Wildman–Crippen LogP) is 7.06. The van der Waals surface area contributed by atoms with E-state index in [-0.39, 0.29) is 0 Å². The van der Waals surface area contributed by atoms with Gasteiger partial charge in [-0.2, -0.15) is 0 Å². The van der Waals surface area contributed by atoms with Crippen molar-refractivity contribution in [3.63, 3.8) is 0 Å². The minimum atomic E-state index is 0.734. The Hall–Kier alpha value is 2.02. The van der Waals surface area contributed by atoms with Gasteiger partial charge in [0.1, 0.15) is 0 Å². The van der Waals surface area contributed by atoms with Crippen LogP contribution < -0.4 is 0 Å². The lowest BCUT2D eigenvalue weighted by molar-refractivity contribution is 0.931. The van der Waals surface area contributed by atoms with Gasteiger partial charge in [0, 0.05) is 22.0 Å². The molecule has 108 valence electrons. The molecule has 20 heavy (non-hydrogen) atoms. The molecule has 4 rings (SSSR count). The van der Waals surface area contributed by atoms with Gasteiger partial charge in [-0.1, -0.05) is 60.9 Å². The molecule has 2 atom stereocenters. The van der Waals surface area contributed by atoms with Crippen LogP contribution in [0, 0.1) is 0 Å². The molecule has 0 radical (unpaired) electrons. The van der Waals surface area contributed by atoms with Crippen molar-refractivity contribution in [2.75, 3.05) is 11.5 Å². The molecule has 0 aromatic carbocycles. The van der Waals surface area contributed by atoms with Crippen LogP contribution in [0.1, 0.15) is 13.8 Å². The third kappa shape index (κ3) is 3.01. The Morgan fingerprint density at radius 3 is 1.45 bits per heavy atom. The van der Waals surface area contributed by atoms with Crippen molar-refractivity contribution < 1.29 is 0 Å². The minimum Gasteiger partial charge on any atom is -0.116 e. The normalized spacial score (nSPS) is 33.9. The highest BCUT2D eigenvalue weighted by Gasteiger charge is 2.35. The van der Waals surface area contributed by atoms with E-state index in [0.29, 0.717) is 0 Å². The third-order valence-corrected chi connectivity index (χ3v) is 15.6. The Kier molecular flexibility index (Phi) is 5.05. The molecule has 8 heteroatoms. The largest absolute Gasteiger partial charge is 0.116 e. The van der Waals surface area contributed by atoms with Gasteiger partial charge in [0.25, 0.3) is 0 Å². The summed E-state index contributed by atoms with van der Waals surface area (Å²) in [4.78, 5) is 0. The summed E-state index contributed by atoms with van der Waals surface area (Å²) >= 11 is 16.3. The molecular formula is C12H12S8. The predicted molar refractivity (Wildman–Crippen MR) is 110 cm³/mol. The highest BCUT2D eigenvalue weighted by molar-refractivity contribution is 8.45. The van der Waals surface area contributed by atoms with E-state index < -0.39 is 0 Å². The van der Waals surface area contributed by atoms with Gasteiger partial charge in [-0.15, -0.1) is 47.0 Å². The van der Waals surface area contributed by atoms with Crippen molar-refractivity contribution in [2.24, 2.45) is 0 Å². The zero-order chi connectivity index (χ0) is 13.7. The lowest BCUT2D eigenvalue weighted by Gasteiger charge is -2.24. The quantitative estimate of drug-likeness (QED) is 0.382. The first-order chi connectivity index (χ1) is 9.70. The molecular weight excluding hydrogens is 402 g/mol. The lowest BCUT2D eigenvalue weighted by atomic mass is 10.4. The maximum absolute atomic E-state index is 2.36. The van der Waals surface area contributed by atoms with E-state index in [1.807, 2.05) is 70.6 Å². The van der Waals surface area contributed by atoms with Crippen LogP contribution in [0.2, 0.25) is 0 Å². The Morgan fingerprint density at radius 1 is 0.600 bits per heavy atom. The lowest BCUT2D eigenvalue weighted by Crippen LogP contribution is -2.14. The molecule has 0 bridgehead atoms. The molecule has 0 aromatic heterocycles. The topological polar surface area (TPSA) is 0 Å². The molecule has 4 heterocycles. The maximum atomic E-state index is 2.36. The van der Waals surface area contributed by atoms with Crippen LogP contribution in [0.25, 0.3) is 0 Å². The molecule has 4 aliphatic heterocycles. The van der Waals surface area contributed by atoms with E-state index in [2.05, 4.69) is 37.4 Å². The monoisotopic (exact) mass is 413 g/mol. The number of hydrogen-bond acceptors (Lipinski definition) is 8. The number of thioether (sulfide) groups is 8. The molecule has 0 aromatic rings. The Morgan fingerprint density at radius 2 is 1.00 bits per heavy atom. The molecule has 0 unspecified atom stereocenters. The minimum absolute atomic E-state index is 0.734. The molecule has 0 fully saturated rings. The number of hydrogen-bond donors (Lipinski definition) is 0. The molecule has 0 aliphatic carbocycles. The summed E-state index contributed by atoms with van der Waals surface area (Å²) in [6.07, 6.45) is 0. The van der Waals surface area contributed by atoms with Gasteiger partial charge in [0.05, 0.1) is 25.4 Å². The fourth-order valence-electron chi connectivity index (χ4n) is 1.83. The first-order valence-electron chi connectivity index (χ1n) is 6.24. The van der Waals surface area contributed by atoms with E-state index in [4.69, 9.17) is 0 Å². The molecule has 0 amide bonds. The van der Waals surface area contributed by atoms with Crippen molar-refractivity contribution in [1.29, 1.82) is 0 Å². The zero-order valence-corrected chi connectivity index (χ0v) is 17.4. The van der Waals surface area contributed by atoms with Crippen LogP contribution >= 0.6 is 94.1 Å². The van der Waals surface area contributed by atoms with Crippen LogP contribution in [-0.2, 0) is 0 Å². The molecule has 0 nitrogen and oxygen atoms in total. The third-order valence-electron chi connectivity index (χ3n) is 3.04. The fourth-order valence-corrected chi connectivity index (χ4v) is 14.5. The summed E-state index contributed by atoms with van der Waals surface area (Å²) in [6.45, 7) is 4.71. The van der Waals surface area contributed by atoms with Gasteiger partial charge in [0.2, 0.25) is 0 Å². The highest BCUT2D eigenvalue weighted by Crippen LogP contribution is 2.68. The number of rotatable bonds is 0. The average Bonchev–Trinajstić information content (AvgIpc) is 3.02. The van der Waals surface area contributed by atoms with Crippen molar-refractivity contribution in [1.82, 2.24) is 0 Å². The summed E-state index contributed by atoms with van der Waals surface area (Å²) in [6, 6.07) is 0. The first-order valence-corrected chi connectivity index (χ1v) is 13.2. The van der Waals surface area contributed by atoms with Crippen LogP contribution in [0.4, 0.5) is 0 Å². The van der Waals surface area contributed by atoms with Gasteiger partial charge >= 0.3 is 0 Å². The van der Waals surface area contributed by atoms with Gasteiger partial charge in [0.15, 0.2) is 0 Å². The summed E-state index contributed by atoms with van der Waals surface area (Å²) < 4.78 is 9.28. The second-order valence-corrected chi connectivity index (χ2v) is 15.1. The summed E-state index contributed by atoms with van der Waals surface area (Å²) in [5, 5.41) is 1.47.